The fraction of sp³-hybridized carbons (Fsp3) is 0.353. The molecule has 0 saturated heterocycles. The van der Waals surface area contributed by atoms with E-state index in [-0.39, 0.29) is 5.49 Å². The highest BCUT2D eigenvalue weighted by molar-refractivity contribution is 5.68. The Morgan fingerprint density at radius 2 is 2.22 bits per heavy atom. The lowest BCUT2D eigenvalue weighted by molar-refractivity contribution is 0.459. The summed E-state index contributed by atoms with van der Waals surface area (Å²) in [6.07, 6.45) is 7.12. The number of fused-ring (bicyclic) bond motifs is 2. The average molecular weight is 309 g/mol. The second-order valence-electron chi connectivity index (χ2n) is 6.15. The summed E-state index contributed by atoms with van der Waals surface area (Å²) in [5.74, 6) is 0.474. The molecule has 1 aliphatic rings. The Morgan fingerprint density at radius 3 is 3.09 bits per heavy atom. The second-order valence-corrected chi connectivity index (χ2v) is 6.15. The van der Waals surface area contributed by atoms with Crippen molar-refractivity contribution in [3.8, 4) is 5.75 Å². The van der Waals surface area contributed by atoms with Gasteiger partial charge in [-0.05, 0) is 54.9 Å². The zero-order valence-electron chi connectivity index (χ0n) is 13.1. The van der Waals surface area contributed by atoms with Crippen LogP contribution in [0.25, 0.3) is 11.2 Å². The third kappa shape index (κ3) is 2.21. The van der Waals surface area contributed by atoms with Gasteiger partial charge in [-0.2, -0.15) is 0 Å². The van der Waals surface area contributed by atoms with Crippen molar-refractivity contribution in [2.45, 2.75) is 39.2 Å². The van der Waals surface area contributed by atoms with Crippen LogP contribution in [0.5, 0.6) is 5.75 Å². The molecule has 118 valence electrons. The predicted octanol–water partition coefficient (Wildman–Crippen LogP) is 1.98. The van der Waals surface area contributed by atoms with Gasteiger partial charge >= 0.3 is 0 Å². The first-order valence-corrected chi connectivity index (χ1v) is 7.91. The molecule has 23 heavy (non-hydrogen) atoms. The number of phenols is 1. The highest BCUT2D eigenvalue weighted by Gasteiger charge is 2.19. The first-order chi connectivity index (χ1) is 11.1. The Bertz CT molecular complexity index is 954. The molecule has 2 heterocycles. The molecule has 1 aromatic carbocycles. The maximum atomic E-state index is 10.6. The van der Waals surface area contributed by atoms with Gasteiger partial charge in [0.05, 0.1) is 12.7 Å². The standard InChI is InChI=1S/C17H19N5O/c1-10-7-11-3-2-4-13(11)15(23)12(10)5-6-22-9-21-16(18)14-17(22)20-8-19-14/h7-9,18,23H,2-6H2,1H3,(H,19,20). The highest BCUT2D eigenvalue weighted by atomic mass is 16.3. The van der Waals surface area contributed by atoms with Gasteiger partial charge in [0.15, 0.2) is 11.1 Å². The average Bonchev–Trinajstić information content (AvgIpc) is 3.18. The van der Waals surface area contributed by atoms with Gasteiger partial charge in [0.25, 0.3) is 0 Å². The largest absolute Gasteiger partial charge is 0.507 e. The number of aromatic amines is 1. The smallest absolute Gasteiger partial charge is 0.173 e. The summed E-state index contributed by atoms with van der Waals surface area (Å²) < 4.78 is 1.93. The molecule has 0 fully saturated rings. The number of nitrogens with one attached hydrogen (secondary N) is 2. The predicted molar refractivity (Wildman–Crippen MR) is 86.3 cm³/mol. The van der Waals surface area contributed by atoms with Gasteiger partial charge in [-0.25, -0.2) is 9.97 Å². The number of nitrogens with zero attached hydrogens (tertiary/aromatic N) is 3. The minimum absolute atomic E-state index is 0.199. The van der Waals surface area contributed by atoms with E-state index >= 15 is 0 Å². The molecule has 3 N–H and O–H groups in total. The molecule has 0 saturated carbocycles. The van der Waals surface area contributed by atoms with Crippen molar-refractivity contribution < 1.29 is 5.11 Å². The number of aryl methyl sites for hydroxylation is 3. The molecule has 0 unspecified atom stereocenters. The van der Waals surface area contributed by atoms with Crippen LogP contribution in [0.3, 0.4) is 0 Å². The van der Waals surface area contributed by atoms with Gasteiger partial charge in [-0.3, -0.25) is 5.41 Å². The number of hydrogen-bond acceptors (Lipinski definition) is 4. The van der Waals surface area contributed by atoms with Crippen molar-refractivity contribution >= 4 is 11.2 Å². The molecule has 0 amide bonds. The van der Waals surface area contributed by atoms with Crippen LogP contribution >= 0.6 is 0 Å². The molecular weight excluding hydrogens is 290 g/mol. The summed E-state index contributed by atoms with van der Waals surface area (Å²) >= 11 is 0. The van der Waals surface area contributed by atoms with Gasteiger partial charge in [0.2, 0.25) is 0 Å². The van der Waals surface area contributed by atoms with E-state index in [9.17, 15) is 5.11 Å². The summed E-state index contributed by atoms with van der Waals surface area (Å²) in [5, 5.41) is 18.4. The Morgan fingerprint density at radius 1 is 1.35 bits per heavy atom. The topological polar surface area (TPSA) is 90.6 Å². The van der Waals surface area contributed by atoms with E-state index in [2.05, 4.69) is 27.9 Å². The van der Waals surface area contributed by atoms with E-state index in [1.807, 2.05) is 4.57 Å². The molecule has 1 aliphatic carbocycles. The molecule has 0 atom stereocenters. The molecule has 6 heteroatoms. The van der Waals surface area contributed by atoms with Crippen molar-refractivity contribution in [3.05, 3.63) is 46.5 Å². The lowest BCUT2D eigenvalue weighted by Gasteiger charge is -2.14. The number of imidazole rings is 1. The Labute approximate surface area is 133 Å². The first kappa shape index (κ1) is 14.0. The quantitative estimate of drug-likeness (QED) is 0.691. The lowest BCUT2D eigenvalue weighted by Crippen LogP contribution is -2.14. The molecular formula is C17H19N5O. The van der Waals surface area contributed by atoms with E-state index in [4.69, 9.17) is 5.41 Å². The summed E-state index contributed by atoms with van der Waals surface area (Å²) in [5.41, 5.74) is 6.14. The second kappa shape index (κ2) is 5.22. The van der Waals surface area contributed by atoms with Gasteiger partial charge < -0.3 is 14.7 Å². The molecule has 0 aliphatic heterocycles. The number of hydrogen-bond donors (Lipinski definition) is 3. The van der Waals surface area contributed by atoms with Crippen LogP contribution in [0.1, 0.15) is 28.7 Å². The van der Waals surface area contributed by atoms with Crippen molar-refractivity contribution in [1.29, 1.82) is 5.41 Å². The zero-order chi connectivity index (χ0) is 16.0. The van der Waals surface area contributed by atoms with Gasteiger partial charge in [-0.1, -0.05) is 6.07 Å². The maximum Gasteiger partial charge on any atom is 0.173 e. The summed E-state index contributed by atoms with van der Waals surface area (Å²) in [7, 11) is 0. The van der Waals surface area contributed by atoms with E-state index in [1.54, 1.807) is 12.7 Å². The van der Waals surface area contributed by atoms with Crippen molar-refractivity contribution in [1.82, 2.24) is 19.5 Å². The van der Waals surface area contributed by atoms with Crippen LogP contribution in [0.4, 0.5) is 0 Å². The van der Waals surface area contributed by atoms with Gasteiger partial charge in [-0.15, -0.1) is 0 Å². The third-order valence-electron chi connectivity index (χ3n) is 4.76. The van der Waals surface area contributed by atoms with Crippen LogP contribution in [-0.4, -0.2) is 24.6 Å². The number of phenolic OH excluding ortho intramolecular Hbond substituents is 1. The molecule has 0 bridgehead atoms. The Kier molecular flexibility index (Phi) is 3.18. The normalized spacial score (nSPS) is 13.6. The third-order valence-corrected chi connectivity index (χ3v) is 4.76. The molecule has 4 rings (SSSR count). The van der Waals surface area contributed by atoms with Crippen LogP contribution in [-0.2, 0) is 25.8 Å². The number of benzene rings is 1. The van der Waals surface area contributed by atoms with E-state index in [0.29, 0.717) is 17.8 Å². The summed E-state index contributed by atoms with van der Waals surface area (Å²) in [6, 6.07) is 2.22. The summed E-state index contributed by atoms with van der Waals surface area (Å²) in [4.78, 5) is 11.3. The monoisotopic (exact) mass is 309 g/mol. The first-order valence-electron chi connectivity index (χ1n) is 7.91. The Balaban J connectivity index is 1.68. The van der Waals surface area contributed by atoms with Gasteiger partial charge in [0.1, 0.15) is 11.3 Å². The van der Waals surface area contributed by atoms with Crippen LogP contribution in [0.15, 0.2) is 18.7 Å². The number of aromatic hydroxyl groups is 1. The number of H-pyrrole nitrogens is 1. The number of aromatic nitrogens is 4. The van der Waals surface area contributed by atoms with Crippen molar-refractivity contribution in [3.63, 3.8) is 0 Å². The van der Waals surface area contributed by atoms with E-state index in [1.165, 1.54) is 5.56 Å². The lowest BCUT2D eigenvalue weighted by atomic mass is 9.97. The fourth-order valence-corrected chi connectivity index (χ4v) is 3.55. The number of rotatable bonds is 3. The molecule has 0 radical (unpaired) electrons. The molecule has 0 spiro atoms. The Hall–Kier alpha value is -2.63. The minimum Gasteiger partial charge on any atom is -0.507 e. The van der Waals surface area contributed by atoms with E-state index < -0.39 is 0 Å². The van der Waals surface area contributed by atoms with Crippen LogP contribution in [0, 0.1) is 12.3 Å². The van der Waals surface area contributed by atoms with Crippen molar-refractivity contribution in [2.24, 2.45) is 0 Å². The van der Waals surface area contributed by atoms with E-state index in [0.717, 1.165) is 48.0 Å². The minimum atomic E-state index is 0.199. The van der Waals surface area contributed by atoms with Crippen molar-refractivity contribution in [2.75, 3.05) is 0 Å². The zero-order valence-corrected chi connectivity index (χ0v) is 13.1. The van der Waals surface area contributed by atoms with Gasteiger partial charge in [0, 0.05) is 6.54 Å². The maximum absolute atomic E-state index is 10.6. The van der Waals surface area contributed by atoms with Crippen LogP contribution in [0.2, 0.25) is 0 Å². The highest BCUT2D eigenvalue weighted by Crippen LogP contribution is 2.35. The summed E-state index contributed by atoms with van der Waals surface area (Å²) in [6.45, 7) is 2.73. The molecule has 2 aromatic heterocycles. The van der Waals surface area contributed by atoms with Crippen LogP contribution < -0.4 is 5.49 Å². The fourth-order valence-electron chi connectivity index (χ4n) is 3.55. The SMILES string of the molecule is Cc1cc2c(c(O)c1CCn1cnc(=N)c3[nH]cnc31)CCC2. The molecule has 6 nitrogen and oxygen atoms in total. The molecule has 3 aromatic rings.